The van der Waals surface area contributed by atoms with Crippen LogP contribution in [0.1, 0.15) is 20.7 Å². The van der Waals surface area contributed by atoms with Crippen LogP contribution in [0.3, 0.4) is 0 Å². The van der Waals surface area contributed by atoms with Gasteiger partial charge in [0, 0.05) is 0 Å². The smallest absolute Gasteiger partial charge is 0.335 e. The SMILES string of the molecule is COOc1cc(C(=O)O)cc(-c2cc(OOC)cc(C(=O)O)c2)c1. The molecule has 0 bridgehead atoms. The van der Waals surface area contributed by atoms with Gasteiger partial charge in [-0.1, -0.05) is 0 Å². The van der Waals surface area contributed by atoms with Crippen molar-refractivity contribution >= 4 is 11.9 Å². The summed E-state index contributed by atoms with van der Waals surface area (Å²) in [7, 11) is 2.56. The standard InChI is InChI=1S/C16H14O8/c1-21-23-13-5-9(3-11(7-13)15(17)18)10-4-12(16(19)20)8-14(6-10)24-22-2/h3-8H,1-2H3,(H,17,18)(H,19,20). The first-order valence-corrected chi connectivity index (χ1v) is 6.63. The molecule has 2 aromatic rings. The molecule has 0 aromatic heterocycles. The van der Waals surface area contributed by atoms with Crippen LogP contribution in [-0.4, -0.2) is 36.4 Å². The first kappa shape index (κ1) is 17.3. The molecule has 0 heterocycles. The first-order chi connectivity index (χ1) is 11.4. The molecule has 2 aromatic carbocycles. The first-order valence-electron chi connectivity index (χ1n) is 6.63. The lowest BCUT2D eigenvalue weighted by Crippen LogP contribution is -2.01. The molecule has 0 saturated carbocycles. The summed E-state index contributed by atoms with van der Waals surface area (Å²) in [4.78, 5) is 41.4. The quantitative estimate of drug-likeness (QED) is 0.587. The summed E-state index contributed by atoms with van der Waals surface area (Å²) in [6.45, 7) is 0. The van der Waals surface area contributed by atoms with Crippen LogP contribution in [0.2, 0.25) is 0 Å². The molecule has 0 aliphatic carbocycles. The van der Waals surface area contributed by atoms with Crippen LogP contribution in [0.5, 0.6) is 11.5 Å². The lowest BCUT2D eigenvalue weighted by atomic mass is 10.00. The Hall–Kier alpha value is -3.10. The molecule has 0 fully saturated rings. The molecule has 0 saturated heterocycles. The molecule has 8 nitrogen and oxygen atoms in total. The second-order valence-corrected chi connectivity index (χ2v) is 4.60. The molecule has 126 valence electrons. The fraction of sp³-hybridized carbons (Fsp3) is 0.125. The van der Waals surface area contributed by atoms with E-state index in [4.69, 9.17) is 9.78 Å². The van der Waals surface area contributed by atoms with E-state index < -0.39 is 11.9 Å². The highest BCUT2D eigenvalue weighted by Crippen LogP contribution is 2.30. The van der Waals surface area contributed by atoms with Gasteiger partial charge in [0.1, 0.15) is 0 Å². The van der Waals surface area contributed by atoms with Gasteiger partial charge in [0.25, 0.3) is 0 Å². The zero-order valence-corrected chi connectivity index (χ0v) is 12.8. The van der Waals surface area contributed by atoms with Crippen LogP contribution in [0.4, 0.5) is 0 Å². The van der Waals surface area contributed by atoms with E-state index in [0.29, 0.717) is 11.1 Å². The number of carbonyl (C=O) groups is 2. The van der Waals surface area contributed by atoms with E-state index in [2.05, 4.69) is 9.78 Å². The van der Waals surface area contributed by atoms with Crippen molar-refractivity contribution in [2.75, 3.05) is 14.2 Å². The molecule has 0 aliphatic heterocycles. The van der Waals surface area contributed by atoms with Gasteiger partial charge in [-0.2, -0.15) is 9.78 Å². The number of rotatable bonds is 7. The summed E-state index contributed by atoms with van der Waals surface area (Å²) in [6, 6.07) is 8.33. The van der Waals surface area contributed by atoms with Crippen LogP contribution < -0.4 is 9.78 Å². The summed E-state index contributed by atoms with van der Waals surface area (Å²) >= 11 is 0. The summed E-state index contributed by atoms with van der Waals surface area (Å²) < 4.78 is 0. The minimum absolute atomic E-state index is 0.0468. The van der Waals surface area contributed by atoms with Gasteiger partial charge in [0.2, 0.25) is 0 Å². The molecule has 0 atom stereocenters. The van der Waals surface area contributed by atoms with Gasteiger partial charge in [-0.05, 0) is 47.5 Å². The second-order valence-electron chi connectivity index (χ2n) is 4.60. The van der Waals surface area contributed by atoms with E-state index in [1.165, 1.54) is 50.6 Å². The van der Waals surface area contributed by atoms with Gasteiger partial charge in [0.15, 0.2) is 11.5 Å². The van der Waals surface area contributed by atoms with E-state index in [1.807, 2.05) is 0 Å². The molecule has 0 amide bonds. The fourth-order valence-electron chi connectivity index (χ4n) is 2.07. The second kappa shape index (κ2) is 7.44. The van der Waals surface area contributed by atoms with Crippen molar-refractivity contribution < 1.29 is 39.4 Å². The average Bonchev–Trinajstić information content (AvgIpc) is 2.54. The molecular weight excluding hydrogens is 320 g/mol. The minimum Gasteiger partial charge on any atom is -0.478 e. The lowest BCUT2D eigenvalue weighted by molar-refractivity contribution is -0.178. The Morgan fingerprint density at radius 2 is 1.08 bits per heavy atom. The third-order valence-corrected chi connectivity index (χ3v) is 3.00. The predicted molar refractivity (Wildman–Crippen MR) is 81.1 cm³/mol. The summed E-state index contributed by atoms with van der Waals surface area (Å²) in [5, 5.41) is 18.4. The van der Waals surface area contributed by atoms with Gasteiger partial charge in [-0.15, -0.1) is 0 Å². The van der Waals surface area contributed by atoms with Gasteiger partial charge in [-0.25, -0.2) is 9.59 Å². The molecular formula is C16H14O8. The average molecular weight is 334 g/mol. The Bertz CT molecular complexity index is 703. The Labute approximate surface area is 136 Å². The third-order valence-electron chi connectivity index (χ3n) is 3.00. The van der Waals surface area contributed by atoms with Crippen molar-refractivity contribution in [1.82, 2.24) is 0 Å². The molecule has 24 heavy (non-hydrogen) atoms. The zero-order chi connectivity index (χ0) is 17.7. The number of carboxylic acid groups (broad SMARTS) is 2. The number of aromatic carboxylic acids is 2. The Balaban J connectivity index is 2.60. The van der Waals surface area contributed by atoms with E-state index in [9.17, 15) is 19.8 Å². The summed E-state index contributed by atoms with van der Waals surface area (Å²) in [5.74, 6) is -2.02. The zero-order valence-electron chi connectivity index (χ0n) is 12.8. The Morgan fingerprint density at radius 1 is 0.708 bits per heavy atom. The van der Waals surface area contributed by atoms with Gasteiger partial charge in [0.05, 0.1) is 25.3 Å². The Morgan fingerprint density at radius 3 is 1.38 bits per heavy atom. The van der Waals surface area contributed by atoms with Crippen LogP contribution in [0.25, 0.3) is 11.1 Å². The molecule has 0 aliphatic rings. The lowest BCUT2D eigenvalue weighted by Gasteiger charge is -2.10. The highest BCUT2D eigenvalue weighted by Gasteiger charge is 2.14. The van der Waals surface area contributed by atoms with Gasteiger partial charge < -0.3 is 20.0 Å². The minimum atomic E-state index is -1.17. The topological polar surface area (TPSA) is 112 Å². The van der Waals surface area contributed by atoms with E-state index in [-0.39, 0.29) is 22.6 Å². The van der Waals surface area contributed by atoms with Gasteiger partial charge >= 0.3 is 11.9 Å². The van der Waals surface area contributed by atoms with Crippen molar-refractivity contribution in [2.45, 2.75) is 0 Å². The fourth-order valence-corrected chi connectivity index (χ4v) is 2.07. The van der Waals surface area contributed by atoms with E-state index in [0.717, 1.165) is 0 Å². The monoisotopic (exact) mass is 334 g/mol. The van der Waals surface area contributed by atoms with Crippen LogP contribution in [0, 0.1) is 0 Å². The van der Waals surface area contributed by atoms with Crippen molar-refractivity contribution in [1.29, 1.82) is 0 Å². The summed E-state index contributed by atoms with van der Waals surface area (Å²) in [5.41, 5.74) is 0.723. The molecule has 8 heteroatoms. The maximum Gasteiger partial charge on any atom is 0.335 e. The van der Waals surface area contributed by atoms with Crippen LogP contribution >= 0.6 is 0 Å². The van der Waals surface area contributed by atoms with E-state index in [1.54, 1.807) is 0 Å². The Kier molecular flexibility index (Phi) is 5.35. The number of hydrogen-bond donors (Lipinski definition) is 2. The largest absolute Gasteiger partial charge is 0.478 e. The van der Waals surface area contributed by atoms with Crippen molar-refractivity contribution in [3.8, 4) is 22.6 Å². The normalized spacial score (nSPS) is 10.2. The maximum atomic E-state index is 11.3. The molecule has 0 unspecified atom stereocenters. The van der Waals surface area contributed by atoms with Crippen LogP contribution in [-0.2, 0) is 9.78 Å². The molecule has 2 N–H and O–H groups in total. The highest BCUT2D eigenvalue weighted by atomic mass is 17.2. The highest BCUT2D eigenvalue weighted by molar-refractivity contribution is 5.92. The molecule has 2 rings (SSSR count). The number of carboxylic acids is 2. The molecule has 0 radical (unpaired) electrons. The van der Waals surface area contributed by atoms with Gasteiger partial charge in [-0.3, -0.25) is 0 Å². The van der Waals surface area contributed by atoms with Crippen molar-refractivity contribution in [2.24, 2.45) is 0 Å². The van der Waals surface area contributed by atoms with Crippen LogP contribution in [0.15, 0.2) is 36.4 Å². The summed E-state index contributed by atoms with van der Waals surface area (Å²) in [6.07, 6.45) is 0. The predicted octanol–water partition coefficient (Wildman–Crippen LogP) is 2.63. The number of benzene rings is 2. The van der Waals surface area contributed by atoms with Crippen molar-refractivity contribution in [3.63, 3.8) is 0 Å². The number of hydrogen-bond acceptors (Lipinski definition) is 6. The maximum absolute atomic E-state index is 11.3. The third kappa shape index (κ3) is 4.00. The molecule has 0 spiro atoms. The van der Waals surface area contributed by atoms with E-state index >= 15 is 0 Å². The van der Waals surface area contributed by atoms with Crippen molar-refractivity contribution in [3.05, 3.63) is 47.5 Å².